The van der Waals surface area contributed by atoms with Crippen molar-refractivity contribution in [1.82, 2.24) is 30.0 Å². The number of oxime groups is 1. The van der Waals surface area contributed by atoms with Gasteiger partial charge in [0.05, 0.1) is 0 Å². The van der Waals surface area contributed by atoms with Crippen LogP contribution in [-0.4, -0.2) is 89.9 Å². The minimum atomic E-state index is -1.11. The van der Waals surface area contributed by atoms with E-state index in [9.17, 15) is 19.5 Å². The van der Waals surface area contributed by atoms with Gasteiger partial charge in [0.15, 0.2) is 10.1 Å². The van der Waals surface area contributed by atoms with E-state index in [2.05, 4.69) is 30.3 Å². The molecule has 0 saturated carbocycles. The topological polar surface area (TPSA) is 160 Å². The van der Waals surface area contributed by atoms with E-state index >= 15 is 0 Å². The lowest BCUT2D eigenvalue weighted by Crippen LogP contribution is -2.74. The first kappa shape index (κ1) is 21.9. The minimum Gasteiger partial charge on any atom is -0.481 e. The van der Waals surface area contributed by atoms with Gasteiger partial charge in [-0.05, 0) is 11.5 Å². The first-order chi connectivity index (χ1) is 14.9. The molecule has 2 aromatic rings. The van der Waals surface area contributed by atoms with Gasteiger partial charge in [0, 0.05) is 23.4 Å². The zero-order valence-electron chi connectivity index (χ0n) is 15.8. The van der Waals surface area contributed by atoms with Crippen molar-refractivity contribution in [1.29, 1.82) is 0 Å². The average molecular weight is 502 g/mol. The van der Waals surface area contributed by atoms with Crippen molar-refractivity contribution in [3.05, 3.63) is 16.6 Å². The molecule has 3 atom stereocenters. The molecule has 164 valence electrons. The van der Waals surface area contributed by atoms with Crippen molar-refractivity contribution in [2.24, 2.45) is 10.6 Å². The third-order valence-corrected chi connectivity index (χ3v) is 8.94. The summed E-state index contributed by atoms with van der Waals surface area (Å²) in [7, 11) is 1.30. The van der Waals surface area contributed by atoms with Crippen molar-refractivity contribution in [2.75, 3.05) is 25.2 Å². The number of carboxylic acids is 1. The summed E-state index contributed by atoms with van der Waals surface area (Å²) in [6, 6.07) is -0.784. The van der Waals surface area contributed by atoms with Gasteiger partial charge in [0.1, 0.15) is 35.1 Å². The lowest BCUT2D eigenvalue weighted by molar-refractivity contribution is -0.157. The Bertz CT molecular complexity index is 1000. The van der Waals surface area contributed by atoms with Crippen molar-refractivity contribution in [2.45, 2.75) is 15.8 Å². The highest BCUT2D eigenvalue weighted by Crippen LogP contribution is 2.44. The summed E-state index contributed by atoms with van der Waals surface area (Å²) in [6.45, 7) is 0.0615. The summed E-state index contributed by atoms with van der Waals surface area (Å²) in [6.07, 6.45) is 0. The number of amides is 2. The van der Waals surface area contributed by atoms with E-state index in [1.165, 1.54) is 46.9 Å². The number of thioether (sulfide) groups is 2. The van der Waals surface area contributed by atoms with Gasteiger partial charge in [0.2, 0.25) is 5.91 Å². The fraction of sp³-hybridized carbons (Fsp3) is 0.467. The van der Waals surface area contributed by atoms with Crippen LogP contribution in [0.4, 0.5) is 0 Å². The first-order valence-corrected chi connectivity index (χ1v) is 12.4. The van der Waals surface area contributed by atoms with Crippen LogP contribution in [0, 0.1) is 5.41 Å². The summed E-state index contributed by atoms with van der Waals surface area (Å²) < 4.78 is 4.38. The molecule has 2 aliphatic heterocycles. The zero-order valence-corrected chi connectivity index (χ0v) is 19.1. The van der Waals surface area contributed by atoms with E-state index in [1.54, 1.807) is 10.9 Å². The van der Waals surface area contributed by atoms with Crippen LogP contribution in [0.2, 0.25) is 0 Å². The van der Waals surface area contributed by atoms with Gasteiger partial charge in [-0.15, -0.1) is 27.1 Å². The molecule has 2 N–H and O–H groups in total. The molecular weight excluding hydrogens is 486 g/mol. The molecule has 2 unspecified atom stereocenters. The van der Waals surface area contributed by atoms with Crippen LogP contribution in [0.1, 0.15) is 5.69 Å². The largest absolute Gasteiger partial charge is 0.481 e. The Labute approximate surface area is 192 Å². The van der Waals surface area contributed by atoms with Gasteiger partial charge in [-0.3, -0.25) is 14.4 Å². The normalized spacial score (nSPS) is 25.5. The number of nitrogens with one attached hydrogen (secondary N) is 1. The molecule has 12 nitrogen and oxygen atoms in total. The van der Waals surface area contributed by atoms with Gasteiger partial charge < -0.3 is 20.2 Å². The molecule has 0 aliphatic carbocycles. The molecule has 2 amide bonds. The third kappa shape index (κ3) is 4.24. The van der Waals surface area contributed by atoms with Crippen LogP contribution in [0.15, 0.2) is 20.4 Å². The second-order valence-corrected chi connectivity index (χ2v) is 10.4. The number of carbonyl (C=O) groups is 3. The maximum Gasteiger partial charge on any atom is 0.313 e. The highest BCUT2D eigenvalue weighted by molar-refractivity contribution is 8.01. The fourth-order valence-electron chi connectivity index (χ4n) is 3.10. The SMILES string of the molecule is CON=C(C(=O)NC1C(=O)N2CC(CSc3nncs3)(C(=O)O)CS[C@H]12)c1csnn1. The van der Waals surface area contributed by atoms with Gasteiger partial charge in [-0.2, -0.15) is 0 Å². The maximum absolute atomic E-state index is 12.7. The van der Waals surface area contributed by atoms with E-state index < -0.39 is 23.3 Å². The Morgan fingerprint density at radius 2 is 2.32 bits per heavy atom. The molecule has 0 radical (unpaired) electrons. The van der Waals surface area contributed by atoms with Crippen LogP contribution < -0.4 is 5.32 Å². The van der Waals surface area contributed by atoms with E-state index in [1.807, 2.05) is 0 Å². The van der Waals surface area contributed by atoms with Crippen LogP contribution in [0.25, 0.3) is 0 Å². The highest BCUT2D eigenvalue weighted by atomic mass is 32.2. The Kier molecular flexibility index (Phi) is 6.40. The van der Waals surface area contributed by atoms with Crippen LogP contribution in [-0.2, 0) is 19.2 Å². The van der Waals surface area contributed by atoms with E-state index in [4.69, 9.17) is 4.84 Å². The minimum absolute atomic E-state index is 0.0615. The Morgan fingerprint density at radius 1 is 1.48 bits per heavy atom. The number of aromatic nitrogens is 4. The van der Waals surface area contributed by atoms with E-state index in [0.29, 0.717) is 10.1 Å². The molecule has 4 heterocycles. The van der Waals surface area contributed by atoms with Crippen molar-refractivity contribution in [3.8, 4) is 0 Å². The van der Waals surface area contributed by atoms with E-state index in [0.717, 1.165) is 11.5 Å². The second-order valence-electron chi connectivity index (χ2n) is 6.61. The van der Waals surface area contributed by atoms with Crippen LogP contribution in [0.5, 0.6) is 0 Å². The monoisotopic (exact) mass is 501 g/mol. The number of β-lactam (4-membered cyclic amide) rings is 1. The molecule has 4 rings (SSSR count). The Hall–Kier alpha value is -2.30. The number of carboxylic acid groups (broad SMARTS) is 1. The number of hydrogen-bond donors (Lipinski definition) is 2. The third-order valence-electron chi connectivity index (χ3n) is 4.70. The van der Waals surface area contributed by atoms with Gasteiger partial charge in [-0.1, -0.05) is 32.7 Å². The van der Waals surface area contributed by atoms with Crippen LogP contribution in [0.3, 0.4) is 0 Å². The predicted octanol–water partition coefficient (Wildman–Crippen LogP) is 0.00330. The van der Waals surface area contributed by atoms with Crippen LogP contribution >= 0.6 is 46.4 Å². The molecule has 2 aliphatic rings. The molecule has 2 saturated heterocycles. The standard InChI is InChI=1S/C15H15N7O5S4/c1-27-20-8(7-2-31-21-18-7)10(23)17-9-11(24)22-3-15(13(25)26,4-28-12(9)22)5-29-14-19-16-6-30-14/h2,6,9,12H,3-5H2,1H3,(H,17,23)(H,25,26)/t9?,12-,15?/m1/s1. The average Bonchev–Trinajstić information content (AvgIpc) is 3.48. The van der Waals surface area contributed by atoms with Crippen molar-refractivity contribution < 1.29 is 24.3 Å². The van der Waals surface area contributed by atoms with E-state index in [-0.39, 0.29) is 35.0 Å². The zero-order chi connectivity index (χ0) is 22.0. The molecule has 2 aromatic heterocycles. The van der Waals surface area contributed by atoms with Crippen molar-refractivity contribution >= 4 is 69.9 Å². The van der Waals surface area contributed by atoms with Gasteiger partial charge in [-0.25, -0.2) is 0 Å². The summed E-state index contributed by atoms with van der Waals surface area (Å²) >= 11 is 5.02. The first-order valence-electron chi connectivity index (χ1n) is 8.69. The smallest absolute Gasteiger partial charge is 0.313 e. The summed E-state index contributed by atoms with van der Waals surface area (Å²) in [4.78, 5) is 43.6. The Balaban J connectivity index is 1.42. The number of carbonyl (C=O) groups excluding carboxylic acids is 2. The number of hydrogen-bond acceptors (Lipinski definition) is 13. The summed E-state index contributed by atoms with van der Waals surface area (Å²) in [5.41, 5.74) is 0.618. The molecule has 0 spiro atoms. The van der Waals surface area contributed by atoms with Gasteiger partial charge >= 0.3 is 5.97 Å². The number of fused-ring (bicyclic) bond motifs is 1. The number of rotatable bonds is 8. The predicted molar refractivity (Wildman–Crippen MR) is 114 cm³/mol. The lowest BCUT2D eigenvalue weighted by Gasteiger charge is -2.53. The number of nitrogens with zero attached hydrogens (tertiary/aromatic N) is 6. The summed E-state index contributed by atoms with van der Waals surface area (Å²) in [5, 5.41) is 28.9. The molecular formula is C15H15N7O5S4. The molecule has 16 heteroatoms. The molecule has 0 aromatic carbocycles. The lowest BCUT2D eigenvalue weighted by atomic mass is 9.89. The highest BCUT2D eigenvalue weighted by Gasteiger charge is 2.57. The fourth-order valence-corrected chi connectivity index (χ4v) is 6.90. The maximum atomic E-state index is 12.7. The number of aliphatic carboxylic acids is 1. The molecule has 0 bridgehead atoms. The molecule has 2 fully saturated rings. The van der Waals surface area contributed by atoms with Gasteiger partial charge in [0.25, 0.3) is 5.91 Å². The van der Waals surface area contributed by atoms with Crippen molar-refractivity contribution in [3.63, 3.8) is 0 Å². The second kappa shape index (κ2) is 9.05. The quantitative estimate of drug-likeness (QED) is 0.217. The molecule has 31 heavy (non-hydrogen) atoms. The summed E-state index contributed by atoms with van der Waals surface area (Å²) in [5.74, 6) is -1.37. The Morgan fingerprint density at radius 3 is 2.97 bits per heavy atom.